The minimum absolute atomic E-state index is 0.224. The lowest BCUT2D eigenvalue weighted by Crippen LogP contribution is -2.35. The number of aromatic amines is 2. The molecule has 1 saturated heterocycles. The van der Waals surface area contributed by atoms with E-state index in [2.05, 4.69) is 76.7 Å². The van der Waals surface area contributed by atoms with Gasteiger partial charge >= 0.3 is 6.09 Å². The number of hydrogen-bond acceptors (Lipinski definition) is 4. The summed E-state index contributed by atoms with van der Waals surface area (Å²) in [4.78, 5) is 33.1. The van der Waals surface area contributed by atoms with E-state index in [4.69, 9.17) is 14.7 Å². The molecule has 7 nitrogen and oxygen atoms in total. The Morgan fingerprint density at radius 3 is 1.96 bits per heavy atom. The Bertz CT molecular complexity index is 2410. The molecule has 0 saturated carbocycles. The Kier molecular flexibility index (Phi) is 7.01. The monoisotopic (exact) mass is 637 g/mol. The van der Waals surface area contributed by atoms with Crippen LogP contribution < -0.4 is 4.90 Å². The van der Waals surface area contributed by atoms with Crippen molar-refractivity contribution in [2.24, 2.45) is 0 Å². The van der Waals surface area contributed by atoms with Gasteiger partial charge in [-0.2, -0.15) is 0 Å². The maximum absolute atomic E-state index is 13.7. The fourth-order valence-electron chi connectivity index (χ4n) is 6.97. The first-order valence-corrected chi connectivity index (χ1v) is 16.4. The number of nitrogens with one attached hydrogen (secondary N) is 2. The molecule has 8 bridgehead atoms. The molecule has 0 radical (unpaired) electrons. The first-order valence-electron chi connectivity index (χ1n) is 16.4. The number of carbonyl (C=O) groups excluding carboxylic acids is 1. The van der Waals surface area contributed by atoms with E-state index in [1.54, 1.807) is 4.90 Å². The summed E-state index contributed by atoms with van der Waals surface area (Å²) in [6.45, 7) is 0.281. The van der Waals surface area contributed by atoms with Crippen molar-refractivity contribution in [1.29, 1.82) is 0 Å². The number of rotatable bonds is 5. The van der Waals surface area contributed by atoms with Crippen molar-refractivity contribution in [2.45, 2.75) is 12.5 Å². The van der Waals surface area contributed by atoms with Crippen LogP contribution in [0.1, 0.15) is 28.3 Å². The molecule has 7 heteroatoms. The normalized spacial score (nSPS) is 15.1. The maximum atomic E-state index is 13.7. The highest BCUT2D eigenvalue weighted by Crippen LogP contribution is 2.37. The van der Waals surface area contributed by atoms with Crippen LogP contribution in [0, 0.1) is 0 Å². The summed E-state index contributed by atoms with van der Waals surface area (Å²) in [6, 6.07) is 40.8. The van der Waals surface area contributed by atoms with Crippen molar-refractivity contribution >= 4 is 58.2 Å². The molecule has 6 heterocycles. The van der Waals surface area contributed by atoms with E-state index in [0.717, 1.165) is 67.0 Å². The van der Waals surface area contributed by atoms with Crippen molar-refractivity contribution < 1.29 is 9.53 Å². The number of amides is 1. The number of ether oxygens (including phenoxy) is 1. The molecular formula is C42H31N5O2. The lowest BCUT2D eigenvalue weighted by Gasteiger charge is -2.22. The van der Waals surface area contributed by atoms with Crippen molar-refractivity contribution in [2.75, 3.05) is 11.5 Å². The third-order valence-electron chi connectivity index (χ3n) is 9.19. The van der Waals surface area contributed by atoms with Crippen LogP contribution in [0.2, 0.25) is 0 Å². The Morgan fingerprint density at radius 2 is 1.22 bits per heavy atom. The molecule has 236 valence electrons. The van der Waals surface area contributed by atoms with Crippen molar-refractivity contribution in [1.82, 2.24) is 19.9 Å². The van der Waals surface area contributed by atoms with Crippen LogP contribution in [0.5, 0.6) is 0 Å². The first kappa shape index (κ1) is 28.7. The summed E-state index contributed by atoms with van der Waals surface area (Å²) in [7, 11) is 0. The number of nitrogens with zero attached hydrogens (tertiary/aromatic N) is 3. The van der Waals surface area contributed by atoms with Gasteiger partial charge in [0.2, 0.25) is 0 Å². The van der Waals surface area contributed by atoms with E-state index >= 15 is 0 Å². The van der Waals surface area contributed by atoms with Crippen molar-refractivity contribution in [3.63, 3.8) is 0 Å². The zero-order valence-electron chi connectivity index (χ0n) is 26.5. The van der Waals surface area contributed by atoms with Gasteiger partial charge in [0, 0.05) is 27.7 Å². The number of cyclic esters (lactones) is 1. The lowest BCUT2D eigenvalue weighted by atomic mass is 10.0. The maximum Gasteiger partial charge on any atom is 0.414 e. The largest absolute Gasteiger partial charge is 0.447 e. The molecule has 6 aromatic rings. The Balaban J connectivity index is 1.38. The standard InChI is InChI=1S/C42H31N5O2/c48-42-47(32(26-49-42)24-27-10-4-1-5-11-27)41-37-22-20-35(45-37)39(28-12-6-2-7-13-28)33-18-16-30(43-33)25-31-17-19-34(44-31)40(29-14-8-3-9-15-29)36-21-23-38(41)46-36/h1-23,25,32,43,46H,24,26H2/t32-/m0/s1. The highest BCUT2D eigenvalue weighted by atomic mass is 16.6. The second-order valence-electron chi connectivity index (χ2n) is 12.3. The van der Waals surface area contributed by atoms with Gasteiger partial charge in [0.1, 0.15) is 6.61 Å². The molecular weight excluding hydrogens is 606 g/mol. The number of fused-ring (bicyclic) bond motifs is 8. The molecule has 49 heavy (non-hydrogen) atoms. The molecule has 1 amide bonds. The average molecular weight is 638 g/mol. The van der Waals surface area contributed by atoms with E-state index < -0.39 is 6.09 Å². The van der Waals surface area contributed by atoms with Gasteiger partial charge < -0.3 is 14.7 Å². The molecule has 0 unspecified atom stereocenters. The third-order valence-corrected chi connectivity index (χ3v) is 9.19. The fourth-order valence-corrected chi connectivity index (χ4v) is 6.97. The third kappa shape index (κ3) is 5.31. The summed E-state index contributed by atoms with van der Waals surface area (Å²) in [5, 5.41) is 0. The van der Waals surface area contributed by atoms with Gasteiger partial charge in [-0.1, -0.05) is 91.0 Å². The quantitative estimate of drug-likeness (QED) is 0.197. The summed E-state index contributed by atoms with van der Waals surface area (Å²) in [5.74, 6) is 0. The van der Waals surface area contributed by atoms with E-state index in [1.165, 1.54) is 0 Å². The van der Waals surface area contributed by atoms with Gasteiger partial charge in [-0.3, -0.25) is 4.90 Å². The summed E-state index contributed by atoms with van der Waals surface area (Å²) >= 11 is 0. The minimum Gasteiger partial charge on any atom is -0.447 e. The number of aromatic nitrogens is 4. The van der Waals surface area contributed by atoms with E-state index in [-0.39, 0.29) is 12.6 Å². The number of carbonyl (C=O) groups is 1. The second-order valence-corrected chi connectivity index (χ2v) is 12.3. The second kappa shape index (κ2) is 12.0. The summed E-state index contributed by atoms with van der Waals surface area (Å²) in [5.41, 5.74) is 12.5. The zero-order chi connectivity index (χ0) is 32.7. The number of anilines is 1. The van der Waals surface area contributed by atoms with Gasteiger partial charge in [0.15, 0.2) is 0 Å². The van der Waals surface area contributed by atoms with E-state index in [9.17, 15) is 4.79 Å². The molecule has 0 spiro atoms. The smallest absolute Gasteiger partial charge is 0.414 e. The predicted octanol–water partition coefficient (Wildman–Crippen LogP) is 9.56. The molecule has 9 rings (SSSR count). The minimum atomic E-state index is -0.391. The summed E-state index contributed by atoms with van der Waals surface area (Å²) in [6.07, 6.45) is 8.38. The van der Waals surface area contributed by atoms with E-state index in [1.807, 2.05) is 78.9 Å². The highest BCUT2D eigenvalue weighted by molar-refractivity contribution is 6.02. The van der Waals surface area contributed by atoms with Gasteiger partial charge in [0.05, 0.1) is 40.0 Å². The molecule has 3 aromatic heterocycles. The van der Waals surface area contributed by atoms with Gasteiger partial charge in [-0.05, 0) is 77.7 Å². The van der Waals surface area contributed by atoms with Crippen LogP contribution in [-0.2, 0) is 11.2 Å². The number of hydrogen-bond donors (Lipinski definition) is 2. The fraction of sp³-hybridized carbons (Fsp3) is 0.0714. The van der Waals surface area contributed by atoms with Crippen LogP contribution in [0.4, 0.5) is 10.5 Å². The predicted molar refractivity (Wildman–Crippen MR) is 197 cm³/mol. The molecule has 3 aromatic carbocycles. The highest BCUT2D eigenvalue weighted by Gasteiger charge is 2.37. The van der Waals surface area contributed by atoms with Crippen molar-refractivity contribution in [3.05, 3.63) is 150 Å². The molecule has 2 N–H and O–H groups in total. The van der Waals surface area contributed by atoms with Crippen LogP contribution in [0.3, 0.4) is 0 Å². The number of H-pyrrole nitrogens is 2. The number of benzene rings is 3. The van der Waals surface area contributed by atoms with E-state index in [0.29, 0.717) is 17.8 Å². The topological polar surface area (TPSA) is 86.9 Å². The van der Waals surface area contributed by atoms with Gasteiger partial charge in [-0.25, -0.2) is 14.8 Å². The zero-order valence-corrected chi connectivity index (χ0v) is 26.5. The van der Waals surface area contributed by atoms with Crippen molar-refractivity contribution in [3.8, 4) is 22.3 Å². The molecule has 0 aliphatic carbocycles. The molecule has 3 aliphatic rings. The lowest BCUT2D eigenvalue weighted by molar-refractivity contribution is 0.178. The average Bonchev–Trinajstić information content (AvgIpc) is 3.99. The van der Waals surface area contributed by atoms with Crippen LogP contribution in [0.25, 0.3) is 68.6 Å². The Morgan fingerprint density at radius 1 is 0.633 bits per heavy atom. The Hall–Kier alpha value is -6.47. The van der Waals surface area contributed by atoms with Gasteiger partial charge in [-0.15, -0.1) is 0 Å². The molecule has 3 aliphatic heterocycles. The first-order chi connectivity index (χ1) is 24.2. The van der Waals surface area contributed by atoms with Crippen LogP contribution >= 0.6 is 0 Å². The van der Waals surface area contributed by atoms with Crippen LogP contribution in [0.15, 0.2) is 121 Å². The van der Waals surface area contributed by atoms with Crippen LogP contribution in [-0.4, -0.2) is 38.7 Å². The Labute approximate surface area is 282 Å². The molecule has 1 atom stereocenters. The van der Waals surface area contributed by atoms with Gasteiger partial charge in [0.25, 0.3) is 0 Å². The molecule has 1 fully saturated rings. The summed E-state index contributed by atoms with van der Waals surface area (Å²) < 4.78 is 5.75. The SMILES string of the molecule is O=C1OC[C@H](Cc2ccccc2)N1c1c2nc(c(-c3ccccc3)c3ccc(cc4nc(c(-c5ccccc5)c5ccc1[nH]5)C=C4)[nH]3)C=C2.